The van der Waals surface area contributed by atoms with Gasteiger partial charge in [-0.3, -0.25) is 14.3 Å². The van der Waals surface area contributed by atoms with Crippen molar-refractivity contribution in [1.29, 1.82) is 0 Å². The van der Waals surface area contributed by atoms with Gasteiger partial charge in [-0.2, -0.15) is 5.10 Å². The summed E-state index contributed by atoms with van der Waals surface area (Å²) in [7, 11) is 1.66. The van der Waals surface area contributed by atoms with Crippen LogP contribution in [0.25, 0.3) is 33.3 Å². The average Bonchev–Trinajstić information content (AvgIpc) is 3.51. The molecule has 10 heteroatoms. The summed E-state index contributed by atoms with van der Waals surface area (Å²) in [5, 5.41) is 20.5. The molecule has 2 heterocycles. The molecule has 0 spiro atoms. The maximum absolute atomic E-state index is 12.5. The molecule has 0 saturated heterocycles. The van der Waals surface area contributed by atoms with Crippen LogP contribution in [0.5, 0.6) is 5.75 Å². The first-order chi connectivity index (χ1) is 20.8. The summed E-state index contributed by atoms with van der Waals surface area (Å²) in [5.41, 5.74) is 7.52. The number of fused-ring (bicyclic) bond motifs is 5. The number of amides is 1. The minimum absolute atomic E-state index is 0.0762. The first-order valence-corrected chi connectivity index (χ1v) is 15.5. The van der Waals surface area contributed by atoms with E-state index in [-0.39, 0.29) is 24.9 Å². The van der Waals surface area contributed by atoms with E-state index in [2.05, 4.69) is 44.1 Å². The zero-order valence-electron chi connectivity index (χ0n) is 23.0. The fourth-order valence-corrected chi connectivity index (χ4v) is 6.79. The number of nitrogens with one attached hydrogen (secondary N) is 1. The number of hydrogen-bond acceptors (Lipinski definition) is 4. The lowest BCUT2D eigenvalue weighted by atomic mass is 9.91. The number of aromatic nitrogens is 2. The normalized spacial score (nSPS) is 13.5. The van der Waals surface area contributed by atoms with Gasteiger partial charge >= 0.3 is 5.97 Å². The summed E-state index contributed by atoms with van der Waals surface area (Å²) < 4.78 is 7.59. The van der Waals surface area contributed by atoms with Gasteiger partial charge < -0.3 is 15.2 Å². The largest absolute Gasteiger partial charge is 0.497 e. The van der Waals surface area contributed by atoms with Crippen molar-refractivity contribution < 1.29 is 19.4 Å². The summed E-state index contributed by atoms with van der Waals surface area (Å²) in [6.07, 6.45) is 0.514. The Morgan fingerprint density at radius 2 is 1.77 bits per heavy atom. The number of alkyl halides is 1. The highest BCUT2D eigenvalue weighted by atomic mass is 79.9. The molecule has 0 bridgehead atoms. The van der Waals surface area contributed by atoms with E-state index < -0.39 is 5.97 Å². The highest BCUT2D eigenvalue weighted by molar-refractivity contribution is 9.08. The van der Waals surface area contributed by atoms with Crippen molar-refractivity contribution in [2.24, 2.45) is 0 Å². The van der Waals surface area contributed by atoms with E-state index in [1.807, 2.05) is 36.4 Å². The smallest absolute Gasteiger partial charge is 0.305 e. The van der Waals surface area contributed by atoms with Crippen LogP contribution < -0.4 is 10.1 Å². The SMILES string of the molecule is COc1ccc2c3c(ccc2c1)C(Cc1ccc(C(=O)NCCC(=O)O)cc1)n1nc(-c2cc(Cl)cc(Cl)c2)c(CBr)c1-3. The van der Waals surface area contributed by atoms with Crippen LogP contribution in [0.1, 0.15) is 39.5 Å². The minimum Gasteiger partial charge on any atom is -0.497 e. The van der Waals surface area contributed by atoms with E-state index >= 15 is 0 Å². The minimum atomic E-state index is -0.956. The Hall–Kier alpha value is -3.85. The summed E-state index contributed by atoms with van der Waals surface area (Å²) >= 11 is 16.5. The van der Waals surface area contributed by atoms with E-state index in [9.17, 15) is 9.59 Å². The predicted octanol–water partition coefficient (Wildman–Crippen LogP) is 7.93. The van der Waals surface area contributed by atoms with E-state index in [0.29, 0.717) is 27.4 Å². The van der Waals surface area contributed by atoms with Crippen molar-refractivity contribution in [1.82, 2.24) is 15.1 Å². The number of methoxy groups -OCH3 is 1. The lowest BCUT2D eigenvalue weighted by molar-refractivity contribution is -0.136. The molecule has 1 aromatic heterocycles. The zero-order chi connectivity index (χ0) is 30.2. The molecule has 1 unspecified atom stereocenters. The molecule has 1 aliphatic heterocycles. The maximum Gasteiger partial charge on any atom is 0.305 e. The van der Waals surface area contributed by atoms with E-state index in [4.69, 9.17) is 38.1 Å². The molecule has 4 aromatic carbocycles. The van der Waals surface area contributed by atoms with Gasteiger partial charge in [-0.05, 0) is 70.8 Å². The second-order valence-electron chi connectivity index (χ2n) is 10.3. The van der Waals surface area contributed by atoms with Crippen LogP contribution in [0.4, 0.5) is 0 Å². The van der Waals surface area contributed by atoms with Gasteiger partial charge in [0.05, 0.1) is 31.0 Å². The summed E-state index contributed by atoms with van der Waals surface area (Å²) in [6, 6.07) is 23.1. The fourth-order valence-electron chi connectivity index (χ4n) is 5.73. The maximum atomic E-state index is 12.5. The monoisotopic (exact) mass is 677 g/mol. The molecule has 6 rings (SSSR count). The number of ether oxygens (including phenoxy) is 1. The Morgan fingerprint density at radius 1 is 1.02 bits per heavy atom. The van der Waals surface area contributed by atoms with Crippen molar-refractivity contribution >= 4 is 61.8 Å². The third-order valence-corrected chi connectivity index (χ3v) is 8.70. The molecule has 0 fully saturated rings. The number of benzene rings is 4. The molecule has 2 N–H and O–H groups in total. The third-order valence-electron chi connectivity index (χ3n) is 7.70. The second-order valence-corrected chi connectivity index (χ2v) is 11.8. The third kappa shape index (κ3) is 5.62. The van der Waals surface area contributed by atoms with Crippen LogP contribution in [0, 0.1) is 0 Å². The Balaban J connectivity index is 1.44. The Morgan fingerprint density at radius 3 is 2.44 bits per heavy atom. The van der Waals surface area contributed by atoms with E-state index in [1.165, 1.54) is 0 Å². The average molecular weight is 679 g/mol. The number of carboxylic acids is 1. The highest BCUT2D eigenvalue weighted by Crippen LogP contribution is 2.49. The Kier molecular flexibility index (Phi) is 8.18. The topological polar surface area (TPSA) is 93.5 Å². The van der Waals surface area contributed by atoms with Gasteiger partial charge in [0.2, 0.25) is 0 Å². The number of carboxylic acid groups (broad SMARTS) is 1. The lowest BCUT2D eigenvalue weighted by Gasteiger charge is -2.16. The van der Waals surface area contributed by atoms with Crippen LogP contribution in [-0.4, -0.2) is 40.4 Å². The van der Waals surface area contributed by atoms with Crippen LogP contribution in [0.3, 0.4) is 0 Å². The van der Waals surface area contributed by atoms with Crippen LogP contribution in [0.15, 0.2) is 72.8 Å². The van der Waals surface area contributed by atoms with Crippen molar-refractivity contribution in [3.05, 3.63) is 105 Å². The number of aliphatic carboxylic acids is 1. The van der Waals surface area contributed by atoms with Gasteiger partial charge in [-0.15, -0.1) is 0 Å². The van der Waals surface area contributed by atoms with Crippen molar-refractivity contribution in [3.63, 3.8) is 0 Å². The molecule has 1 amide bonds. The van der Waals surface area contributed by atoms with Crippen LogP contribution >= 0.6 is 39.1 Å². The molecule has 5 aromatic rings. The number of nitrogens with zero attached hydrogens (tertiary/aromatic N) is 2. The standard InChI is InChI=1S/C33H26BrCl2N3O4/c1-43-24-7-9-25-20(15-24)6-8-26-28(12-18-2-4-19(5-3-18)33(42)37-11-10-29(40)41)39-32(30(25)26)27(17-34)31(38-39)21-13-22(35)16-23(36)14-21/h2-9,13-16,28H,10-12,17H2,1H3,(H,37,42)(H,40,41). The molecular weight excluding hydrogens is 653 g/mol. The molecule has 1 aliphatic rings. The van der Waals surface area contributed by atoms with Gasteiger partial charge in [-0.1, -0.05) is 69.5 Å². The second kappa shape index (κ2) is 12.0. The van der Waals surface area contributed by atoms with Gasteiger partial charge in [-0.25, -0.2) is 0 Å². The molecule has 0 radical (unpaired) electrons. The van der Waals surface area contributed by atoms with E-state index in [1.54, 1.807) is 25.3 Å². The first kappa shape index (κ1) is 29.2. The fraction of sp³-hybridized carbons (Fsp3) is 0.182. The Bertz CT molecular complexity index is 1870. The zero-order valence-corrected chi connectivity index (χ0v) is 26.1. The molecule has 7 nitrogen and oxygen atoms in total. The quantitative estimate of drug-likeness (QED) is 0.155. The van der Waals surface area contributed by atoms with Gasteiger partial charge in [0.15, 0.2) is 0 Å². The predicted molar refractivity (Wildman–Crippen MR) is 173 cm³/mol. The number of carbonyl (C=O) groups excluding carboxylic acids is 1. The number of carbonyl (C=O) groups is 2. The van der Waals surface area contributed by atoms with Crippen LogP contribution in [0.2, 0.25) is 10.0 Å². The molecule has 0 aliphatic carbocycles. The molecule has 1 atom stereocenters. The number of rotatable bonds is 9. The van der Waals surface area contributed by atoms with Crippen molar-refractivity contribution in [2.75, 3.05) is 13.7 Å². The van der Waals surface area contributed by atoms with Crippen LogP contribution in [-0.2, 0) is 16.5 Å². The summed E-state index contributed by atoms with van der Waals surface area (Å²) in [6.45, 7) is 0.0762. The highest BCUT2D eigenvalue weighted by Gasteiger charge is 2.35. The molecule has 218 valence electrons. The summed E-state index contributed by atoms with van der Waals surface area (Å²) in [5.74, 6) is -0.471. The van der Waals surface area contributed by atoms with Gasteiger partial charge in [0, 0.05) is 44.2 Å². The molecule has 0 saturated carbocycles. The molecule has 43 heavy (non-hydrogen) atoms. The Labute approximate surface area is 266 Å². The van der Waals surface area contributed by atoms with E-state index in [0.717, 1.165) is 55.7 Å². The summed E-state index contributed by atoms with van der Waals surface area (Å²) in [4.78, 5) is 23.3. The lowest BCUT2D eigenvalue weighted by Crippen LogP contribution is -2.25. The number of halogens is 3. The molecular formula is C33H26BrCl2N3O4. The van der Waals surface area contributed by atoms with Gasteiger partial charge in [0.1, 0.15) is 5.75 Å². The number of hydrogen-bond donors (Lipinski definition) is 2. The van der Waals surface area contributed by atoms with Crippen molar-refractivity contribution in [3.8, 4) is 28.3 Å². The van der Waals surface area contributed by atoms with Gasteiger partial charge in [0.25, 0.3) is 5.91 Å². The first-order valence-electron chi connectivity index (χ1n) is 13.6. The van der Waals surface area contributed by atoms with Crippen molar-refractivity contribution in [2.45, 2.75) is 24.2 Å².